The Morgan fingerprint density at radius 1 is 1.35 bits per heavy atom. The molecule has 0 aliphatic carbocycles. The maximum absolute atomic E-state index is 10.9. The first-order valence-corrected chi connectivity index (χ1v) is 6.77. The molecule has 0 aliphatic heterocycles. The van der Waals surface area contributed by atoms with Gasteiger partial charge in [-0.1, -0.05) is 13.8 Å². The van der Waals surface area contributed by atoms with Crippen molar-refractivity contribution in [3.8, 4) is 0 Å². The Bertz CT molecular complexity index is 615. The average molecular weight is 274 g/mol. The number of nitro benzene ring substituents is 1. The summed E-state index contributed by atoms with van der Waals surface area (Å²) in [5.74, 6) is 0. The molecule has 20 heavy (non-hydrogen) atoms. The van der Waals surface area contributed by atoms with E-state index < -0.39 is 4.92 Å². The van der Waals surface area contributed by atoms with E-state index in [2.05, 4.69) is 29.1 Å². The van der Waals surface area contributed by atoms with E-state index in [0.29, 0.717) is 6.04 Å². The van der Waals surface area contributed by atoms with Gasteiger partial charge < -0.3 is 5.32 Å². The molecule has 0 aliphatic rings. The molecule has 2 rings (SSSR count). The molecule has 0 amide bonds. The standard InChI is InChI=1S/C14H18N4O2/c1-3-10(15-4-2)7-14-12-8-11(18(19)20)5-6-13(12)16-9-17-14/h5-6,8-10,15H,3-4,7H2,1-2H3. The smallest absolute Gasteiger partial charge is 0.270 e. The van der Waals surface area contributed by atoms with Gasteiger partial charge in [-0.05, 0) is 19.0 Å². The number of hydrogen-bond donors (Lipinski definition) is 1. The molecule has 0 bridgehead atoms. The maximum atomic E-state index is 10.9. The molecule has 1 atom stereocenters. The number of non-ortho nitro benzene ring substituents is 1. The SMILES string of the molecule is CCNC(CC)Cc1ncnc2ccc([N+](=O)[O-])cc12. The molecule has 6 nitrogen and oxygen atoms in total. The number of aromatic nitrogens is 2. The van der Waals surface area contributed by atoms with Crippen LogP contribution in [-0.4, -0.2) is 27.5 Å². The highest BCUT2D eigenvalue weighted by atomic mass is 16.6. The number of fused-ring (bicyclic) bond motifs is 1. The Hall–Kier alpha value is -2.08. The van der Waals surface area contributed by atoms with Gasteiger partial charge in [-0.15, -0.1) is 0 Å². The van der Waals surface area contributed by atoms with Crippen LogP contribution in [0.2, 0.25) is 0 Å². The Kier molecular flexibility index (Phi) is 4.57. The van der Waals surface area contributed by atoms with Crippen LogP contribution in [0.3, 0.4) is 0 Å². The molecule has 0 fully saturated rings. The number of nitrogens with zero attached hydrogens (tertiary/aromatic N) is 3. The van der Waals surface area contributed by atoms with Gasteiger partial charge in [-0.3, -0.25) is 10.1 Å². The minimum atomic E-state index is -0.391. The molecule has 0 saturated heterocycles. The van der Waals surface area contributed by atoms with Crippen molar-refractivity contribution in [2.75, 3.05) is 6.54 Å². The van der Waals surface area contributed by atoms with Crippen LogP contribution < -0.4 is 5.32 Å². The lowest BCUT2D eigenvalue weighted by molar-refractivity contribution is -0.384. The van der Waals surface area contributed by atoms with Gasteiger partial charge in [-0.2, -0.15) is 0 Å². The number of nitrogens with one attached hydrogen (secondary N) is 1. The largest absolute Gasteiger partial charge is 0.314 e. The molecule has 1 unspecified atom stereocenters. The second kappa shape index (κ2) is 6.38. The van der Waals surface area contributed by atoms with E-state index in [1.54, 1.807) is 12.1 Å². The number of likely N-dealkylation sites (N-methyl/N-ethyl adjacent to an activating group) is 1. The van der Waals surface area contributed by atoms with E-state index in [0.717, 1.165) is 36.0 Å². The van der Waals surface area contributed by atoms with Crippen LogP contribution in [0.25, 0.3) is 10.9 Å². The van der Waals surface area contributed by atoms with Gasteiger partial charge in [0.25, 0.3) is 5.69 Å². The minimum absolute atomic E-state index is 0.0741. The van der Waals surface area contributed by atoms with Crippen LogP contribution in [-0.2, 0) is 6.42 Å². The molecule has 6 heteroatoms. The number of hydrogen-bond acceptors (Lipinski definition) is 5. The first kappa shape index (κ1) is 14.3. The van der Waals surface area contributed by atoms with Crippen molar-refractivity contribution in [1.82, 2.24) is 15.3 Å². The Morgan fingerprint density at radius 2 is 2.15 bits per heavy atom. The van der Waals surface area contributed by atoms with Crippen molar-refractivity contribution in [3.63, 3.8) is 0 Å². The highest BCUT2D eigenvalue weighted by molar-refractivity contribution is 5.83. The maximum Gasteiger partial charge on any atom is 0.270 e. The lowest BCUT2D eigenvalue weighted by Crippen LogP contribution is -2.30. The van der Waals surface area contributed by atoms with E-state index in [9.17, 15) is 10.1 Å². The van der Waals surface area contributed by atoms with Crippen LogP contribution in [0.15, 0.2) is 24.5 Å². The van der Waals surface area contributed by atoms with Gasteiger partial charge in [-0.25, -0.2) is 9.97 Å². The summed E-state index contributed by atoms with van der Waals surface area (Å²) in [5.41, 5.74) is 1.67. The second-order valence-corrected chi connectivity index (χ2v) is 4.65. The fraction of sp³-hybridized carbons (Fsp3) is 0.429. The Labute approximate surface area is 117 Å². The van der Waals surface area contributed by atoms with E-state index >= 15 is 0 Å². The lowest BCUT2D eigenvalue weighted by atomic mass is 10.0. The highest BCUT2D eigenvalue weighted by Crippen LogP contribution is 2.22. The molecule has 1 N–H and O–H groups in total. The third kappa shape index (κ3) is 3.08. The lowest BCUT2D eigenvalue weighted by Gasteiger charge is -2.15. The summed E-state index contributed by atoms with van der Waals surface area (Å²) >= 11 is 0. The van der Waals surface area contributed by atoms with Crippen LogP contribution in [0.4, 0.5) is 5.69 Å². The normalized spacial score (nSPS) is 12.5. The third-order valence-corrected chi connectivity index (χ3v) is 3.34. The van der Waals surface area contributed by atoms with E-state index in [1.165, 1.54) is 12.4 Å². The number of nitro groups is 1. The molecule has 0 radical (unpaired) electrons. The Balaban J connectivity index is 2.41. The van der Waals surface area contributed by atoms with Crippen molar-refractivity contribution >= 4 is 16.6 Å². The molecular weight excluding hydrogens is 256 g/mol. The van der Waals surface area contributed by atoms with E-state index in [1.807, 2.05) is 0 Å². The average Bonchev–Trinajstić information content (AvgIpc) is 2.46. The van der Waals surface area contributed by atoms with Gasteiger partial charge >= 0.3 is 0 Å². The zero-order valence-electron chi connectivity index (χ0n) is 11.7. The molecule has 0 spiro atoms. The van der Waals surface area contributed by atoms with E-state index in [4.69, 9.17) is 0 Å². The summed E-state index contributed by atoms with van der Waals surface area (Å²) in [7, 11) is 0. The summed E-state index contributed by atoms with van der Waals surface area (Å²) in [4.78, 5) is 19.0. The van der Waals surface area contributed by atoms with Crippen molar-refractivity contribution in [3.05, 3.63) is 40.3 Å². The number of benzene rings is 1. The first-order valence-electron chi connectivity index (χ1n) is 6.77. The van der Waals surface area contributed by atoms with Gasteiger partial charge in [0, 0.05) is 30.0 Å². The summed E-state index contributed by atoms with van der Waals surface area (Å²) < 4.78 is 0. The summed E-state index contributed by atoms with van der Waals surface area (Å²) in [6.07, 6.45) is 3.24. The topological polar surface area (TPSA) is 81.0 Å². The predicted molar refractivity (Wildman–Crippen MR) is 77.7 cm³/mol. The van der Waals surface area contributed by atoms with Crippen LogP contribution in [0, 0.1) is 10.1 Å². The summed E-state index contributed by atoms with van der Waals surface area (Å²) in [6.45, 7) is 5.06. The zero-order valence-corrected chi connectivity index (χ0v) is 11.7. The van der Waals surface area contributed by atoms with Crippen molar-refractivity contribution < 1.29 is 4.92 Å². The molecule has 106 valence electrons. The van der Waals surface area contributed by atoms with Gasteiger partial charge in [0.2, 0.25) is 0 Å². The summed E-state index contributed by atoms with van der Waals surface area (Å²) in [6, 6.07) is 5.02. The molecule has 2 aromatic rings. The third-order valence-electron chi connectivity index (χ3n) is 3.34. The monoisotopic (exact) mass is 274 g/mol. The fourth-order valence-electron chi connectivity index (χ4n) is 2.26. The van der Waals surface area contributed by atoms with E-state index in [-0.39, 0.29) is 5.69 Å². The minimum Gasteiger partial charge on any atom is -0.314 e. The fourth-order valence-corrected chi connectivity index (χ4v) is 2.26. The van der Waals surface area contributed by atoms with Gasteiger partial charge in [0.05, 0.1) is 16.1 Å². The quantitative estimate of drug-likeness (QED) is 0.646. The molecule has 1 aromatic carbocycles. The van der Waals surface area contributed by atoms with Gasteiger partial charge in [0.1, 0.15) is 6.33 Å². The van der Waals surface area contributed by atoms with Crippen LogP contribution in [0.5, 0.6) is 0 Å². The van der Waals surface area contributed by atoms with Crippen molar-refractivity contribution in [2.24, 2.45) is 0 Å². The van der Waals surface area contributed by atoms with Crippen LogP contribution in [0.1, 0.15) is 26.0 Å². The van der Waals surface area contributed by atoms with Gasteiger partial charge in [0.15, 0.2) is 0 Å². The molecule has 1 aromatic heterocycles. The molecular formula is C14H18N4O2. The zero-order chi connectivity index (χ0) is 14.5. The predicted octanol–water partition coefficient (Wildman–Crippen LogP) is 2.47. The van der Waals surface area contributed by atoms with Crippen LogP contribution >= 0.6 is 0 Å². The first-order chi connectivity index (χ1) is 9.65. The molecule has 1 heterocycles. The highest BCUT2D eigenvalue weighted by Gasteiger charge is 2.13. The van der Waals surface area contributed by atoms with Crippen molar-refractivity contribution in [1.29, 1.82) is 0 Å². The second-order valence-electron chi connectivity index (χ2n) is 4.65. The number of rotatable bonds is 6. The van der Waals surface area contributed by atoms with Crippen molar-refractivity contribution in [2.45, 2.75) is 32.7 Å². The summed E-state index contributed by atoms with van der Waals surface area (Å²) in [5, 5.41) is 15.0. The Morgan fingerprint density at radius 3 is 2.80 bits per heavy atom. The molecule has 0 saturated carbocycles.